The lowest BCUT2D eigenvalue weighted by atomic mass is 9.94. The zero-order valence-corrected chi connectivity index (χ0v) is 23.2. The second-order valence-corrected chi connectivity index (χ2v) is 10.5. The summed E-state index contributed by atoms with van der Waals surface area (Å²) in [7, 11) is 0. The molecule has 2 unspecified atom stereocenters. The summed E-state index contributed by atoms with van der Waals surface area (Å²) in [4.78, 5) is 16.5. The van der Waals surface area contributed by atoms with E-state index in [1.54, 1.807) is 12.1 Å². The first-order chi connectivity index (χ1) is 20.9. The molecule has 1 aromatic heterocycles. The molecule has 4 rings (SSSR count). The summed E-state index contributed by atoms with van der Waals surface area (Å²) < 4.78 is 28.4. The van der Waals surface area contributed by atoms with Crippen molar-refractivity contribution in [1.82, 2.24) is 10.4 Å². The van der Waals surface area contributed by atoms with E-state index in [9.17, 15) is 45.6 Å². The smallest absolute Gasteiger partial charge is 0.335 e. The van der Waals surface area contributed by atoms with Gasteiger partial charge in [-0.15, -0.1) is 0 Å². The van der Waals surface area contributed by atoms with Crippen molar-refractivity contribution in [2.45, 2.75) is 91.9 Å². The number of pyridine rings is 1. The van der Waals surface area contributed by atoms with Gasteiger partial charge in [0.15, 0.2) is 24.7 Å². The third-order valence-corrected chi connectivity index (χ3v) is 7.66. The normalized spacial score (nSPS) is 43.0. The van der Waals surface area contributed by atoms with Crippen molar-refractivity contribution in [2.24, 2.45) is 17.2 Å². The van der Waals surface area contributed by atoms with E-state index < -0.39 is 118 Å². The quantitative estimate of drug-likeness (QED) is 0.106. The van der Waals surface area contributed by atoms with Crippen LogP contribution in [0.2, 0.25) is 0 Å². The molecule has 1 aromatic rings. The summed E-state index contributed by atoms with van der Waals surface area (Å²) in [5, 5.41) is 83.2. The Kier molecular flexibility index (Phi) is 11.7. The molecular weight excluding hydrogens is 596 g/mol. The number of carbonyl (C=O) groups excluding carboxylic acids is 1. The fourth-order valence-electron chi connectivity index (χ4n) is 5.17. The molecule has 15 atom stereocenters. The predicted molar refractivity (Wildman–Crippen MR) is 142 cm³/mol. The molecule has 3 fully saturated rings. The predicted octanol–water partition coefficient (Wildman–Crippen LogP) is -7.15. The molecule has 2 amide bonds. The number of primary amides is 1. The number of nitrogens with two attached hydrogens (primary N) is 3. The Morgan fingerprint density at radius 1 is 0.818 bits per heavy atom. The SMILES string of the molecule is NC(=O)N(N[C@H]1[C@H](OC2[C@@H](CO)O[C@@H](O)[C@H](N)[C@H]2O)O[C@H](CO)C(O[C@@H]2O[C@H](CO)[C@@H](O)[C@H](O)[C@H]2N)[C@@H]1O)c1ccccn1. The van der Waals surface area contributed by atoms with E-state index in [1.807, 2.05) is 0 Å². The van der Waals surface area contributed by atoms with Gasteiger partial charge in [-0.3, -0.25) is 0 Å². The van der Waals surface area contributed by atoms with Gasteiger partial charge in [0.1, 0.15) is 61.0 Å². The van der Waals surface area contributed by atoms with Gasteiger partial charge in [-0.1, -0.05) is 6.07 Å². The van der Waals surface area contributed by atoms with Crippen LogP contribution in [0, 0.1) is 0 Å². The average molecular weight is 637 g/mol. The fraction of sp³-hybridized carbons (Fsp3) is 0.750. The molecular formula is C24H40N6O14. The molecule has 0 bridgehead atoms. The van der Waals surface area contributed by atoms with Gasteiger partial charge < -0.3 is 81.7 Å². The first-order valence-electron chi connectivity index (χ1n) is 13.7. The van der Waals surface area contributed by atoms with Gasteiger partial charge >= 0.3 is 6.03 Å². The van der Waals surface area contributed by atoms with Gasteiger partial charge in [-0.05, 0) is 12.1 Å². The lowest BCUT2D eigenvalue weighted by molar-refractivity contribution is -0.350. The van der Waals surface area contributed by atoms with Crippen molar-refractivity contribution in [3.05, 3.63) is 24.4 Å². The van der Waals surface area contributed by atoms with Crippen LogP contribution < -0.4 is 27.6 Å². The zero-order chi connectivity index (χ0) is 32.3. The number of aliphatic hydroxyl groups is 8. The molecule has 20 nitrogen and oxygen atoms in total. The highest BCUT2D eigenvalue weighted by Gasteiger charge is 2.53. The van der Waals surface area contributed by atoms with Crippen molar-refractivity contribution in [3.8, 4) is 0 Å². The largest absolute Gasteiger partial charge is 0.394 e. The van der Waals surface area contributed by atoms with E-state index in [-0.39, 0.29) is 5.82 Å². The number of ether oxygens (including phenoxy) is 5. The number of urea groups is 1. The third-order valence-electron chi connectivity index (χ3n) is 7.66. The van der Waals surface area contributed by atoms with Crippen molar-refractivity contribution < 1.29 is 69.3 Å². The van der Waals surface area contributed by atoms with Crippen LogP contribution in [-0.2, 0) is 23.7 Å². The fourth-order valence-corrected chi connectivity index (χ4v) is 5.17. The molecule has 44 heavy (non-hydrogen) atoms. The Morgan fingerprint density at radius 3 is 2.00 bits per heavy atom. The number of hydrazine groups is 1. The minimum atomic E-state index is -1.79. The number of carbonyl (C=O) groups is 1. The summed E-state index contributed by atoms with van der Waals surface area (Å²) in [6, 6.07) is -0.878. The van der Waals surface area contributed by atoms with E-state index in [0.29, 0.717) is 0 Å². The van der Waals surface area contributed by atoms with Gasteiger partial charge in [-0.25, -0.2) is 20.2 Å². The van der Waals surface area contributed by atoms with Crippen molar-refractivity contribution in [1.29, 1.82) is 0 Å². The molecule has 3 saturated heterocycles. The van der Waals surface area contributed by atoms with Crippen molar-refractivity contribution in [3.63, 3.8) is 0 Å². The molecule has 3 aliphatic heterocycles. The summed E-state index contributed by atoms with van der Waals surface area (Å²) in [5.74, 6) is -0.0207. The maximum absolute atomic E-state index is 12.5. The lowest BCUT2D eigenvalue weighted by Crippen LogP contribution is -2.71. The van der Waals surface area contributed by atoms with Crippen LogP contribution >= 0.6 is 0 Å². The Balaban J connectivity index is 1.66. The Morgan fingerprint density at radius 2 is 1.41 bits per heavy atom. The van der Waals surface area contributed by atoms with E-state index in [0.717, 1.165) is 5.01 Å². The van der Waals surface area contributed by atoms with Crippen LogP contribution in [0.5, 0.6) is 0 Å². The minimum absolute atomic E-state index is 0.0207. The topological polar surface area (TPSA) is 331 Å². The van der Waals surface area contributed by atoms with E-state index >= 15 is 0 Å². The molecule has 250 valence electrons. The van der Waals surface area contributed by atoms with Crippen LogP contribution in [0.15, 0.2) is 24.4 Å². The number of rotatable bonds is 10. The molecule has 0 spiro atoms. The average Bonchev–Trinajstić information content (AvgIpc) is 3.02. The molecule has 0 aliphatic carbocycles. The Bertz CT molecular complexity index is 1060. The van der Waals surface area contributed by atoms with Gasteiger partial charge in [0.05, 0.1) is 31.9 Å². The van der Waals surface area contributed by atoms with Crippen molar-refractivity contribution in [2.75, 3.05) is 24.8 Å². The number of hydrogen-bond acceptors (Lipinski definition) is 18. The number of nitrogens with one attached hydrogen (secondary N) is 1. The van der Waals surface area contributed by atoms with Crippen LogP contribution in [0.4, 0.5) is 10.6 Å². The van der Waals surface area contributed by atoms with Crippen LogP contribution in [0.25, 0.3) is 0 Å². The van der Waals surface area contributed by atoms with Crippen LogP contribution in [0.1, 0.15) is 0 Å². The summed E-state index contributed by atoms with van der Waals surface area (Å²) >= 11 is 0. The number of nitrogens with zero attached hydrogens (tertiary/aromatic N) is 2. The molecule has 4 heterocycles. The van der Waals surface area contributed by atoms with E-state index in [2.05, 4.69) is 10.4 Å². The minimum Gasteiger partial charge on any atom is -0.394 e. The number of aromatic nitrogens is 1. The number of anilines is 1. The Hall–Kier alpha value is -2.22. The van der Waals surface area contributed by atoms with E-state index in [1.165, 1.54) is 12.3 Å². The number of amides is 2. The second-order valence-electron chi connectivity index (χ2n) is 10.5. The first kappa shape index (κ1) is 34.6. The van der Waals surface area contributed by atoms with Gasteiger partial charge in [-0.2, -0.15) is 0 Å². The molecule has 3 aliphatic rings. The number of aliphatic hydroxyl groups excluding tert-OH is 8. The lowest BCUT2D eigenvalue weighted by Gasteiger charge is -2.49. The molecule has 20 heteroatoms. The molecule has 0 aromatic carbocycles. The highest BCUT2D eigenvalue weighted by atomic mass is 16.7. The van der Waals surface area contributed by atoms with Gasteiger partial charge in [0, 0.05) is 6.20 Å². The monoisotopic (exact) mass is 636 g/mol. The standard InChI is InChI=1S/C24H40N6O14/c25-12-17(36)19(9(6-32)40-21(12)38)44-23-14(29-30(24(27)39)11-3-1-2-4-28-11)18(37)20(10(7-33)42-23)43-22-13(26)16(35)15(34)8(5-31)41-22/h1-4,8-10,12-23,29,31-38H,5-7,25-26H2,(H2,27,39)/t8-,9-,10-,12-,13-,14-,15-,16-,17-,18-,19?,20?,21-,22+,23+/m1/s1. The van der Waals surface area contributed by atoms with Gasteiger partial charge in [0.2, 0.25) is 0 Å². The van der Waals surface area contributed by atoms with Crippen molar-refractivity contribution >= 4 is 11.8 Å². The number of hydrogen-bond donors (Lipinski definition) is 12. The first-order valence-corrected chi connectivity index (χ1v) is 13.7. The summed E-state index contributed by atoms with van der Waals surface area (Å²) in [6.07, 6.45) is -17.2. The van der Waals surface area contributed by atoms with E-state index in [4.69, 9.17) is 40.9 Å². The zero-order valence-electron chi connectivity index (χ0n) is 23.2. The van der Waals surface area contributed by atoms with Crippen LogP contribution in [-0.4, -0.2) is 164 Å². The van der Waals surface area contributed by atoms with Gasteiger partial charge in [0.25, 0.3) is 0 Å². The molecule has 15 N–H and O–H groups in total. The molecule has 0 radical (unpaired) electrons. The maximum Gasteiger partial charge on any atom is 0.335 e. The highest BCUT2D eigenvalue weighted by molar-refractivity contribution is 5.88. The highest BCUT2D eigenvalue weighted by Crippen LogP contribution is 2.32. The summed E-state index contributed by atoms with van der Waals surface area (Å²) in [5.41, 5.74) is 20.0. The maximum atomic E-state index is 12.5. The third kappa shape index (κ3) is 7.10. The van der Waals surface area contributed by atoms with Crippen LogP contribution in [0.3, 0.4) is 0 Å². The summed E-state index contributed by atoms with van der Waals surface area (Å²) in [6.45, 7) is -2.27. The molecule has 0 saturated carbocycles. The second kappa shape index (κ2) is 14.9. The Labute approximate surface area is 250 Å².